The molecule has 1 unspecified atom stereocenters. The van der Waals surface area contributed by atoms with E-state index >= 15 is 0 Å². The summed E-state index contributed by atoms with van der Waals surface area (Å²) in [6, 6.07) is 13.9. The highest BCUT2D eigenvalue weighted by atomic mass is 16.5. The number of terminal acetylenes is 1. The zero-order chi connectivity index (χ0) is 34.9. The minimum atomic E-state index is -0.500. The first-order valence-electron chi connectivity index (χ1n) is 15.8. The van der Waals surface area contributed by atoms with Gasteiger partial charge in [0.05, 0.1) is 23.2 Å². The van der Waals surface area contributed by atoms with E-state index in [0.717, 1.165) is 48.0 Å². The highest BCUT2D eigenvalue weighted by Gasteiger charge is 2.29. The minimum Gasteiger partial charge on any atom is -0.490 e. The van der Waals surface area contributed by atoms with E-state index in [-0.39, 0.29) is 12.6 Å². The lowest BCUT2D eigenvalue weighted by molar-refractivity contribution is -0.122. The van der Waals surface area contributed by atoms with Crippen LogP contribution in [0.3, 0.4) is 0 Å². The molecule has 1 fully saturated rings. The van der Waals surface area contributed by atoms with E-state index in [1.165, 1.54) is 24.1 Å². The first kappa shape index (κ1) is 39.9. The largest absolute Gasteiger partial charge is 0.490 e. The first-order chi connectivity index (χ1) is 21.6. The molecule has 2 N–H and O–H groups in total. The molecule has 0 radical (unpaired) electrons. The number of ether oxygens (including phenoxy) is 2. The van der Waals surface area contributed by atoms with Crippen LogP contribution in [0.5, 0.6) is 11.5 Å². The van der Waals surface area contributed by atoms with Crippen molar-refractivity contribution in [3.8, 4) is 35.6 Å². The predicted octanol–water partition coefficient (Wildman–Crippen LogP) is 7.85. The summed E-state index contributed by atoms with van der Waals surface area (Å²) in [6.45, 7) is 21.0. The predicted molar refractivity (Wildman–Crippen MR) is 189 cm³/mol. The number of aryl methyl sites for hydroxylation is 1. The van der Waals surface area contributed by atoms with Crippen molar-refractivity contribution in [2.75, 3.05) is 24.6 Å². The average Bonchev–Trinajstić information content (AvgIpc) is 2.99. The van der Waals surface area contributed by atoms with Crippen molar-refractivity contribution < 1.29 is 24.5 Å². The second kappa shape index (κ2) is 19.4. The Morgan fingerprint density at radius 3 is 2.04 bits per heavy atom. The molecule has 8 nitrogen and oxygen atoms in total. The number of aliphatic hydroxyl groups is 1. The molecule has 3 heterocycles. The second-order valence-electron chi connectivity index (χ2n) is 13.5. The fraction of sp³-hybridized carbons (Fsp3) is 0.500. The minimum absolute atomic E-state index is 0.0937. The lowest BCUT2D eigenvalue weighted by Gasteiger charge is -2.40. The standard InChI is InChI=1S/C31H41N3O2.C4H10O.C2H2.CH2O2/c1-22(2)18-27-24(4)32-20-28(30(27)34-16-14-31(5,6)15-17-34)29-13-12-26(19-33-29)36-23(3)21-35-25-10-8-7-9-11-25;1-4(2,3)5;1-2;2-1-3/h7-13,19-20,22-23H,14-18,21H2,1-6H3;5H,1-3H3;1-2H;1H,(H,2,3). The van der Waals surface area contributed by atoms with E-state index < -0.39 is 5.60 Å². The molecule has 0 spiro atoms. The smallest absolute Gasteiger partial charge is 0.290 e. The molecule has 4 rings (SSSR count). The van der Waals surface area contributed by atoms with E-state index in [1.807, 2.05) is 55.7 Å². The summed E-state index contributed by atoms with van der Waals surface area (Å²) in [6.07, 6.45) is 15.1. The number of carboxylic acid groups (broad SMARTS) is 1. The monoisotopic (exact) mass is 633 g/mol. The number of rotatable bonds is 9. The highest BCUT2D eigenvalue weighted by Crippen LogP contribution is 2.40. The summed E-state index contributed by atoms with van der Waals surface area (Å²) in [5.41, 5.74) is 5.75. The number of pyridine rings is 2. The maximum absolute atomic E-state index is 8.52. The SMILES string of the molecule is C#C.CC(C)(C)O.Cc1ncc(-c2ccc(OC(C)COc3ccccc3)cn2)c(N2CCC(C)(C)CC2)c1CC(C)C.O=CO. The summed E-state index contributed by atoms with van der Waals surface area (Å²) in [5.74, 6) is 2.15. The Labute approximate surface area is 277 Å². The number of aromatic nitrogens is 2. The number of benzene rings is 1. The third-order valence-electron chi connectivity index (χ3n) is 6.99. The zero-order valence-electron chi connectivity index (χ0n) is 29.3. The Kier molecular flexibility index (Phi) is 16.9. The first-order valence-corrected chi connectivity index (χ1v) is 15.8. The van der Waals surface area contributed by atoms with Crippen LogP contribution < -0.4 is 14.4 Å². The van der Waals surface area contributed by atoms with E-state index in [4.69, 9.17) is 34.4 Å². The van der Waals surface area contributed by atoms with Crippen LogP contribution in [0.25, 0.3) is 11.3 Å². The van der Waals surface area contributed by atoms with Crippen LogP contribution in [-0.4, -0.2) is 58.1 Å². The van der Waals surface area contributed by atoms with Crippen molar-refractivity contribution in [2.45, 2.75) is 93.3 Å². The van der Waals surface area contributed by atoms with Crippen LogP contribution in [-0.2, 0) is 11.2 Å². The molecule has 3 aromatic rings. The molecule has 1 atom stereocenters. The molecule has 1 saturated heterocycles. The molecule has 0 amide bonds. The van der Waals surface area contributed by atoms with Gasteiger partial charge in [0.1, 0.15) is 24.2 Å². The number of hydrogen-bond donors (Lipinski definition) is 2. The van der Waals surface area contributed by atoms with Gasteiger partial charge in [0.15, 0.2) is 0 Å². The van der Waals surface area contributed by atoms with Gasteiger partial charge in [-0.05, 0) is 95.0 Å². The molecular weight excluding hydrogens is 578 g/mol. The number of para-hydroxylation sites is 1. The van der Waals surface area contributed by atoms with Gasteiger partial charge in [-0.15, -0.1) is 12.8 Å². The fourth-order valence-corrected chi connectivity index (χ4v) is 4.78. The Morgan fingerprint density at radius 2 is 1.54 bits per heavy atom. The topological polar surface area (TPSA) is 105 Å². The van der Waals surface area contributed by atoms with Crippen molar-refractivity contribution in [3.05, 3.63) is 66.1 Å². The van der Waals surface area contributed by atoms with Gasteiger partial charge in [0.2, 0.25) is 0 Å². The Balaban J connectivity index is 0.000000935. The van der Waals surface area contributed by atoms with Gasteiger partial charge in [-0.2, -0.15) is 0 Å². The molecule has 8 heteroatoms. The van der Waals surface area contributed by atoms with Gasteiger partial charge >= 0.3 is 0 Å². The number of hydrogen-bond acceptors (Lipinski definition) is 7. The van der Waals surface area contributed by atoms with Crippen LogP contribution in [0, 0.1) is 31.1 Å². The fourth-order valence-electron chi connectivity index (χ4n) is 4.78. The van der Waals surface area contributed by atoms with Crippen LogP contribution >= 0.6 is 0 Å². The van der Waals surface area contributed by atoms with Crippen molar-refractivity contribution in [2.24, 2.45) is 11.3 Å². The van der Waals surface area contributed by atoms with Crippen LogP contribution in [0.4, 0.5) is 5.69 Å². The number of nitrogens with zero attached hydrogens (tertiary/aromatic N) is 3. The molecular formula is C38H55N3O5. The number of anilines is 1. The second-order valence-corrected chi connectivity index (χ2v) is 13.5. The van der Waals surface area contributed by atoms with E-state index in [9.17, 15) is 0 Å². The van der Waals surface area contributed by atoms with Crippen LogP contribution in [0.2, 0.25) is 0 Å². The Hall–Kier alpha value is -4.09. The lowest BCUT2D eigenvalue weighted by Crippen LogP contribution is -2.38. The quantitative estimate of drug-likeness (QED) is 0.181. The third-order valence-corrected chi connectivity index (χ3v) is 6.99. The van der Waals surface area contributed by atoms with Crippen LogP contribution in [0.15, 0.2) is 54.9 Å². The molecule has 1 aromatic carbocycles. The zero-order valence-corrected chi connectivity index (χ0v) is 29.3. The van der Waals surface area contributed by atoms with Crippen molar-refractivity contribution in [3.63, 3.8) is 0 Å². The van der Waals surface area contributed by atoms with Gasteiger partial charge in [0.25, 0.3) is 6.47 Å². The van der Waals surface area contributed by atoms with E-state index in [2.05, 4.69) is 58.4 Å². The molecule has 1 aliphatic rings. The highest BCUT2D eigenvalue weighted by molar-refractivity contribution is 5.79. The van der Waals surface area contributed by atoms with Gasteiger partial charge in [-0.3, -0.25) is 14.8 Å². The summed E-state index contributed by atoms with van der Waals surface area (Å²) >= 11 is 0. The molecule has 2 aromatic heterocycles. The van der Waals surface area contributed by atoms with Gasteiger partial charge in [-0.25, -0.2) is 0 Å². The molecule has 46 heavy (non-hydrogen) atoms. The Bertz CT molecular complexity index is 1300. The van der Waals surface area contributed by atoms with Crippen molar-refractivity contribution >= 4 is 12.2 Å². The number of piperidine rings is 1. The molecule has 0 saturated carbocycles. The summed E-state index contributed by atoms with van der Waals surface area (Å²) in [5, 5.41) is 15.4. The van der Waals surface area contributed by atoms with Gasteiger partial charge < -0.3 is 24.6 Å². The average molecular weight is 634 g/mol. The maximum atomic E-state index is 8.52. The van der Waals surface area contributed by atoms with Crippen molar-refractivity contribution in [1.29, 1.82) is 0 Å². The third kappa shape index (κ3) is 14.8. The summed E-state index contributed by atoms with van der Waals surface area (Å²) in [7, 11) is 0. The summed E-state index contributed by atoms with van der Waals surface area (Å²) < 4.78 is 11.9. The number of carbonyl (C=O) groups is 1. The van der Waals surface area contributed by atoms with Gasteiger partial charge in [-0.1, -0.05) is 45.9 Å². The molecule has 0 aliphatic carbocycles. The maximum Gasteiger partial charge on any atom is 0.290 e. The van der Waals surface area contributed by atoms with E-state index in [1.54, 1.807) is 20.8 Å². The molecule has 0 bridgehead atoms. The summed E-state index contributed by atoms with van der Waals surface area (Å²) in [4.78, 5) is 20.6. The lowest BCUT2D eigenvalue weighted by atomic mass is 9.82. The Morgan fingerprint density at radius 1 is 0.978 bits per heavy atom. The van der Waals surface area contributed by atoms with E-state index in [0.29, 0.717) is 17.9 Å². The molecule has 1 aliphatic heterocycles. The van der Waals surface area contributed by atoms with Crippen LogP contribution in [0.1, 0.15) is 79.5 Å². The molecule has 252 valence electrons. The van der Waals surface area contributed by atoms with Gasteiger partial charge in [0, 0.05) is 30.5 Å². The normalized spacial score (nSPS) is 14.2. The van der Waals surface area contributed by atoms with Crippen molar-refractivity contribution in [1.82, 2.24) is 9.97 Å².